The summed E-state index contributed by atoms with van der Waals surface area (Å²) >= 11 is 0. The number of nitrogens with one attached hydrogen (secondary N) is 1. The first-order valence-electron chi connectivity index (χ1n) is 11.3. The number of fused-ring (bicyclic) bond motifs is 1. The highest BCUT2D eigenvalue weighted by molar-refractivity contribution is 6.01. The molecule has 0 saturated heterocycles. The van der Waals surface area contributed by atoms with Gasteiger partial charge in [0.25, 0.3) is 0 Å². The minimum absolute atomic E-state index is 0.0493. The van der Waals surface area contributed by atoms with E-state index in [9.17, 15) is 0 Å². The second-order valence-corrected chi connectivity index (χ2v) is 7.97. The molecule has 1 heterocycles. The Bertz CT molecular complexity index is 1370. The standard InChI is InChI=1S/C28H28N4O3/c1-19(2)35-26-16-13-20(17-27(26)34-4)18-29-32-28(31-23-11-7-8-12-25(23)33-3)24-15-14-21-9-5-6-10-22(21)30-24/h5-19H,1-4H3,(H,31,32). The lowest BCUT2D eigenvalue weighted by atomic mass is 10.2. The van der Waals surface area contributed by atoms with Crippen molar-refractivity contribution in [2.75, 3.05) is 14.2 Å². The Morgan fingerprint density at radius 2 is 1.63 bits per heavy atom. The Balaban J connectivity index is 1.66. The Morgan fingerprint density at radius 1 is 0.857 bits per heavy atom. The molecule has 1 N–H and O–H groups in total. The van der Waals surface area contributed by atoms with Crippen molar-refractivity contribution < 1.29 is 14.2 Å². The van der Waals surface area contributed by atoms with E-state index in [1.54, 1.807) is 20.4 Å². The number of hydrogen-bond donors (Lipinski definition) is 1. The van der Waals surface area contributed by atoms with Gasteiger partial charge in [-0.25, -0.2) is 9.98 Å². The average Bonchev–Trinajstić information content (AvgIpc) is 2.88. The molecule has 4 aromatic rings. The quantitative estimate of drug-likeness (QED) is 0.203. The zero-order valence-corrected chi connectivity index (χ0v) is 20.2. The van der Waals surface area contributed by atoms with E-state index >= 15 is 0 Å². The van der Waals surface area contributed by atoms with Crippen LogP contribution in [-0.4, -0.2) is 37.4 Å². The Hall–Kier alpha value is -4.39. The van der Waals surface area contributed by atoms with Gasteiger partial charge in [-0.15, -0.1) is 0 Å². The van der Waals surface area contributed by atoms with Crippen LogP contribution in [0.2, 0.25) is 0 Å². The fourth-order valence-corrected chi connectivity index (χ4v) is 3.46. The normalized spacial score (nSPS) is 11.7. The van der Waals surface area contributed by atoms with Crippen molar-refractivity contribution in [3.05, 3.63) is 90.1 Å². The molecular formula is C28H28N4O3. The summed E-state index contributed by atoms with van der Waals surface area (Å²) in [6, 6.07) is 25.1. The van der Waals surface area contributed by atoms with Gasteiger partial charge in [-0.3, -0.25) is 5.43 Å². The minimum atomic E-state index is 0.0493. The van der Waals surface area contributed by atoms with Gasteiger partial charge in [0.1, 0.15) is 17.1 Å². The molecule has 3 aromatic carbocycles. The number of methoxy groups -OCH3 is 2. The number of hydrazone groups is 1. The number of aliphatic imine (C=N–C) groups is 1. The van der Waals surface area contributed by atoms with Gasteiger partial charge in [0.15, 0.2) is 17.3 Å². The van der Waals surface area contributed by atoms with Crippen LogP contribution < -0.4 is 19.6 Å². The van der Waals surface area contributed by atoms with E-state index < -0.39 is 0 Å². The molecule has 0 saturated carbocycles. The van der Waals surface area contributed by atoms with Crippen molar-refractivity contribution in [2.24, 2.45) is 10.1 Å². The van der Waals surface area contributed by atoms with Crippen LogP contribution in [-0.2, 0) is 0 Å². The number of ether oxygens (including phenoxy) is 3. The molecule has 7 nitrogen and oxygen atoms in total. The van der Waals surface area contributed by atoms with E-state index in [-0.39, 0.29) is 6.10 Å². The number of pyridine rings is 1. The van der Waals surface area contributed by atoms with Crippen molar-refractivity contribution in [1.82, 2.24) is 10.4 Å². The monoisotopic (exact) mass is 468 g/mol. The van der Waals surface area contributed by atoms with Gasteiger partial charge in [-0.2, -0.15) is 5.10 Å². The largest absolute Gasteiger partial charge is 0.494 e. The second-order valence-electron chi connectivity index (χ2n) is 7.97. The van der Waals surface area contributed by atoms with Crippen LogP contribution in [0.25, 0.3) is 10.9 Å². The number of benzene rings is 3. The fraction of sp³-hybridized carbons (Fsp3) is 0.179. The molecule has 178 valence electrons. The summed E-state index contributed by atoms with van der Waals surface area (Å²) in [5.41, 5.74) is 6.10. The predicted molar refractivity (Wildman–Crippen MR) is 140 cm³/mol. The molecule has 0 spiro atoms. The summed E-state index contributed by atoms with van der Waals surface area (Å²) in [6.07, 6.45) is 1.74. The highest BCUT2D eigenvalue weighted by Gasteiger charge is 2.10. The van der Waals surface area contributed by atoms with Gasteiger partial charge in [-0.1, -0.05) is 36.4 Å². The van der Waals surface area contributed by atoms with Gasteiger partial charge < -0.3 is 14.2 Å². The lowest BCUT2D eigenvalue weighted by Gasteiger charge is -2.13. The zero-order chi connectivity index (χ0) is 24.6. The van der Waals surface area contributed by atoms with Crippen LogP contribution >= 0.6 is 0 Å². The molecule has 0 fully saturated rings. The first-order chi connectivity index (χ1) is 17.1. The lowest BCUT2D eigenvalue weighted by Crippen LogP contribution is -2.20. The Kier molecular flexibility index (Phi) is 7.57. The summed E-state index contributed by atoms with van der Waals surface area (Å²) < 4.78 is 16.7. The van der Waals surface area contributed by atoms with Gasteiger partial charge >= 0.3 is 0 Å². The SMILES string of the molecule is COc1ccccc1N=C(NN=Cc1ccc(OC(C)C)c(OC)c1)c1ccc2ccccc2n1. The maximum atomic E-state index is 5.79. The molecule has 0 radical (unpaired) electrons. The zero-order valence-electron chi connectivity index (χ0n) is 20.2. The number of hydrogen-bond acceptors (Lipinski definition) is 6. The highest BCUT2D eigenvalue weighted by atomic mass is 16.5. The lowest BCUT2D eigenvalue weighted by molar-refractivity contribution is 0.230. The molecule has 0 aliphatic carbocycles. The van der Waals surface area contributed by atoms with Crippen LogP contribution in [0.4, 0.5) is 5.69 Å². The maximum absolute atomic E-state index is 5.79. The van der Waals surface area contributed by atoms with E-state index in [1.807, 2.05) is 92.7 Å². The third kappa shape index (κ3) is 5.95. The van der Waals surface area contributed by atoms with E-state index in [2.05, 4.69) is 10.5 Å². The van der Waals surface area contributed by atoms with E-state index in [0.29, 0.717) is 34.5 Å². The molecule has 0 aliphatic heterocycles. The molecule has 7 heteroatoms. The third-order valence-corrected chi connectivity index (χ3v) is 5.09. The average molecular weight is 469 g/mol. The molecule has 35 heavy (non-hydrogen) atoms. The smallest absolute Gasteiger partial charge is 0.173 e. The summed E-state index contributed by atoms with van der Waals surface area (Å²) in [5.74, 6) is 2.47. The van der Waals surface area contributed by atoms with Crippen LogP contribution in [0.1, 0.15) is 25.1 Å². The van der Waals surface area contributed by atoms with Crippen molar-refractivity contribution >= 4 is 28.6 Å². The summed E-state index contributed by atoms with van der Waals surface area (Å²) in [6.45, 7) is 3.95. The predicted octanol–water partition coefficient (Wildman–Crippen LogP) is 5.74. The number of aromatic nitrogens is 1. The Labute approximate surface area is 205 Å². The first kappa shape index (κ1) is 23.8. The van der Waals surface area contributed by atoms with Crippen molar-refractivity contribution in [2.45, 2.75) is 20.0 Å². The summed E-state index contributed by atoms with van der Waals surface area (Å²) in [7, 11) is 3.24. The van der Waals surface area contributed by atoms with Crippen LogP contribution in [0.15, 0.2) is 89.0 Å². The van der Waals surface area contributed by atoms with E-state index in [4.69, 9.17) is 24.2 Å². The molecule has 0 atom stereocenters. The number of nitrogens with zero attached hydrogens (tertiary/aromatic N) is 3. The number of para-hydroxylation sites is 3. The van der Waals surface area contributed by atoms with E-state index in [1.165, 1.54) is 0 Å². The molecular weight excluding hydrogens is 440 g/mol. The van der Waals surface area contributed by atoms with Gasteiger partial charge in [0, 0.05) is 5.39 Å². The first-order valence-corrected chi connectivity index (χ1v) is 11.3. The van der Waals surface area contributed by atoms with Crippen molar-refractivity contribution in [3.63, 3.8) is 0 Å². The van der Waals surface area contributed by atoms with E-state index in [0.717, 1.165) is 16.5 Å². The number of amidine groups is 1. The highest BCUT2D eigenvalue weighted by Crippen LogP contribution is 2.29. The molecule has 4 rings (SSSR count). The minimum Gasteiger partial charge on any atom is -0.494 e. The van der Waals surface area contributed by atoms with Crippen LogP contribution in [0.3, 0.4) is 0 Å². The third-order valence-electron chi connectivity index (χ3n) is 5.09. The summed E-state index contributed by atoms with van der Waals surface area (Å²) in [5, 5.41) is 5.48. The molecule has 1 aromatic heterocycles. The maximum Gasteiger partial charge on any atom is 0.173 e. The topological polar surface area (TPSA) is 77.3 Å². The van der Waals surface area contributed by atoms with Crippen LogP contribution in [0.5, 0.6) is 17.2 Å². The van der Waals surface area contributed by atoms with Crippen molar-refractivity contribution in [1.29, 1.82) is 0 Å². The van der Waals surface area contributed by atoms with Gasteiger partial charge in [0.2, 0.25) is 0 Å². The van der Waals surface area contributed by atoms with Crippen LogP contribution in [0, 0.1) is 0 Å². The Morgan fingerprint density at radius 3 is 2.43 bits per heavy atom. The van der Waals surface area contributed by atoms with Gasteiger partial charge in [0.05, 0.1) is 32.1 Å². The van der Waals surface area contributed by atoms with Crippen molar-refractivity contribution in [3.8, 4) is 17.2 Å². The fourth-order valence-electron chi connectivity index (χ4n) is 3.46. The molecule has 0 amide bonds. The second kappa shape index (κ2) is 11.2. The molecule has 0 bridgehead atoms. The molecule has 0 unspecified atom stereocenters. The van der Waals surface area contributed by atoms with Gasteiger partial charge in [-0.05, 0) is 61.9 Å². The summed E-state index contributed by atoms with van der Waals surface area (Å²) in [4.78, 5) is 9.55. The molecule has 0 aliphatic rings. The number of rotatable bonds is 8.